The number of nitrogens with zero attached hydrogens (tertiary/aromatic N) is 2. The van der Waals surface area contributed by atoms with E-state index in [1.54, 1.807) is 30.3 Å². The molecule has 0 bridgehead atoms. The van der Waals surface area contributed by atoms with E-state index < -0.39 is 11.8 Å². The average Bonchev–Trinajstić information content (AvgIpc) is 3.02. The van der Waals surface area contributed by atoms with Crippen LogP contribution in [0.1, 0.15) is 133 Å². The van der Waals surface area contributed by atoms with Gasteiger partial charge in [0.25, 0.3) is 0 Å². The van der Waals surface area contributed by atoms with E-state index in [1.807, 2.05) is 12.4 Å². The number of hydrogen-bond donors (Lipinski definition) is 0. The van der Waals surface area contributed by atoms with Gasteiger partial charge in [0, 0.05) is 24.0 Å². The van der Waals surface area contributed by atoms with Crippen LogP contribution >= 0.6 is 0 Å². The zero-order chi connectivity index (χ0) is 30.5. The molecule has 0 N–H and O–H groups in total. The molecule has 3 aromatic rings. The van der Waals surface area contributed by atoms with E-state index in [1.165, 1.54) is 95.6 Å². The Morgan fingerprint density at radius 2 is 1.21 bits per heavy atom. The molecule has 0 aliphatic carbocycles. The Morgan fingerprint density at radius 1 is 0.674 bits per heavy atom. The highest BCUT2D eigenvalue weighted by Crippen LogP contribution is 2.23. The van der Waals surface area contributed by atoms with Crippen LogP contribution in [0, 0.1) is 5.82 Å². The molecular formula is C37H51FN2O3. The Labute approximate surface area is 258 Å². The van der Waals surface area contributed by atoms with Gasteiger partial charge in [-0.25, -0.2) is 19.2 Å². The summed E-state index contributed by atoms with van der Waals surface area (Å²) < 4.78 is 25.8. The molecule has 3 rings (SSSR count). The summed E-state index contributed by atoms with van der Waals surface area (Å²) >= 11 is 0. The minimum atomic E-state index is -0.749. The molecule has 5 nitrogen and oxygen atoms in total. The fraction of sp³-hybridized carbons (Fsp3) is 0.541. The van der Waals surface area contributed by atoms with Crippen molar-refractivity contribution in [2.24, 2.45) is 0 Å². The lowest BCUT2D eigenvalue weighted by molar-refractivity contribution is 0.0730. The van der Waals surface area contributed by atoms with Crippen molar-refractivity contribution in [3.63, 3.8) is 0 Å². The number of aryl methyl sites for hydroxylation is 1. The van der Waals surface area contributed by atoms with Crippen molar-refractivity contribution in [1.82, 2.24) is 9.97 Å². The summed E-state index contributed by atoms with van der Waals surface area (Å²) in [6.07, 6.45) is 24.8. The number of ether oxygens (including phenoxy) is 2. The molecular weight excluding hydrogens is 539 g/mol. The molecule has 0 radical (unpaired) electrons. The van der Waals surface area contributed by atoms with Crippen LogP contribution in [0.15, 0.2) is 54.9 Å². The van der Waals surface area contributed by atoms with Crippen molar-refractivity contribution in [2.45, 2.75) is 123 Å². The van der Waals surface area contributed by atoms with Crippen LogP contribution in [0.25, 0.3) is 11.4 Å². The van der Waals surface area contributed by atoms with Gasteiger partial charge in [-0.2, -0.15) is 0 Å². The largest absolute Gasteiger partial charge is 0.493 e. The normalized spacial score (nSPS) is 11.0. The van der Waals surface area contributed by atoms with E-state index in [4.69, 9.17) is 9.47 Å². The smallest absolute Gasteiger partial charge is 0.346 e. The summed E-state index contributed by atoms with van der Waals surface area (Å²) in [6, 6.07) is 11.2. The van der Waals surface area contributed by atoms with Crippen molar-refractivity contribution >= 4 is 5.97 Å². The van der Waals surface area contributed by atoms with Crippen LogP contribution in [-0.2, 0) is 6.42 Å². The first kappa shape index (κ1) is 34.2. The number of rotatable bonds is 22. The standard InChI is InChI=1S/C37H51FN2O3/c1-3-5-7-9-11-13-15-17-19-30-28-39-36(40-29-30)31-20-22-32(23-21-31)43-37(41)34-25-24-33(27-35(34)38)42-26-18-16-14-12-10-8-6-4-2/h20-25,27-29H,3-19,26H2,1-2H3. The average molecular weight is 591 g/mol. The lowest BCUT2D eigenvalue weighted by Gasteiger charge is -2.09. The van der Waals surface area contributed by atoms with Gasteiger partial charge in [0.05, 0.1) is 12.2 Å². The van der Waals surface area contributed by atoms with Crippen molar-refractivity contribution < 1.29 is 18.7 Å². The first-order chi connectivity index (χ1) is 21.1. The fourth-order valence-electron chi connectivity index (χ4n) is 5.11. The third kappa shape index (κ3) is 13.3. The summed E-state index contributed by atoms with van der Waals surface area (Å²) in [5.41, 5.74) is 1.84. The Kier molecular flexibility index (Phi) is 16.4. The highest BCUT2D eigenvalue weighted by molar-refractivity contribution is 5.91. The molecule has 0 atom stereocenters. The second-order valence-corrected chi connectivity index (χ2v) is 11.5. The van der Waals surface area contributed by atoms with E-state index in [0.717, 1.165) is 36.8 Å². The number of unbranched alkanes of at least 4 members (excludes halogenated alkanes) is 14. The summed E-state index contributed by atoms with van der Waals surface area (Å²) in [5, 5.41) is 0. The minimum Gasteiger partial charge on any atom is -0.493 e. The molecule has 0 saturated heterocycles. The molecule has 0 spiro atoms. The van der Waals surface area contributed by atoms with Gasteiger partial charge in [-0.3, -0.25) is 0 Å². The Balaban J connectivity index is 1.38. The van der Waals surface area contributed by atoms with Gasteiger partial charge in [0.1, 0.15) is 17.3 Å². The summed E-state index contributed by atoms with van der Waals surface area (Å²) in [5.74, 6) is -0.0391. The molecule has 0 fully saturated rings. The maximum Gasteiger partial charge on any atom is 0.346 e. The zero-order valence-electron chi connectivity index (χ0n) is 26.4. The predicted octanol–water partition coefficient (Wildman–Crippen LogP) is 10.7. The molecule has 43 heavy (non-hydrogen) atoms. The highest BCUT2D eigenvalue weighted by atomic mass is 19.1. The van der Waals surface area contributed by atoms with Gasteiger partial charge < -0.3 is 9.47 Å². The monoisotopic (exact) mass is 590 g/mol. The molecule has 0 aliphatic heterocycles. The Morgan fingerprint density at radius 3 is 1.79 bits per heavy atom. The van der Waals surface area contributed by atoms with Gasteiger partial charge in [0.2, 0.25) is 0 Å². The number of aromatic nitrogens is 2. The van der Waals surface area contributed by atoms with Gasteiger partial charge in [0.15, 0.2) is 5.82 Å². The predicted molar refractivity (Wildman–Crippen MR) is 173 cm³/mol. The molecule has 0 aliphatic rings. The molecule has 6 heteroatoms. The summed E-state index contributed by atoms with van der Waals surface area (Å²) in [6.45, 7) is 5.01. The Hall–Kier alpha value is -3.28. The number of carbonyl (C=O) groups excluding carboxylic acids is 1. The molecule has 0 unspecified atom stereocenters. The maximum atomic E-state index is 14.7. The van der Waals surface area contributed by atoms with Gasteiger partial charge in [-0.1, -0.05) is 104 Å². The zero-order valence-corrected chi connectivity index (χ0v) is 26.4. The third-order valence-electron chi connectivity index (χ3n) is 7.77. The molecule has 0 amide bonds. The van der Waals surface area contributed by atoms with E-state index in [-0.39, 0.29) is 5.56 Å². The number of esters is 1. The molecule has 2 aromatic carbocycles. The highest BCUT2D eigenvalue weighted by Gasteiger charge is 2.15. The SMILES string of the molecule is CCCCCCCCCCOc1ccc(C(=O)Oc2ccc(-c3ncc(CCCCCCCCCC)cn3)cc2)c(F)c1. The van der Waals surface area contributed by atoms with Crippen LogP contribution in [0.3, 0.4) is 0 Å². The molecule has 234 valence electrons. The third-order valence-corrected chi connectivity index (χ3v) is 7.77. The van der Waals surface area contributed by atoms with Crippen LogP contribution in [0.4, 0.5) is 4.39 Å². The van der Waals surface area contributed by atoms with E-state index >= 15 is 0 Å². The number of hydrogen-bond acceptors (Lipinski definition) is 5. The first-order valence-electron chi connectivity index (χ1n) is 16.7. The van der Waals surface area contributed by atoms with Crippen molar-refractivity contribution in [2.75, 3.05) is 6.61 Å². The summed E-state index contributed by atoms with van der Waals surface area (Å²) in [4.78, 5) is 21.7. The number of halogens is 1. The second kappa shape index (κ2) is 20.6. The van der Waals surface area contributed by atoms with E-state index in [0.29, 0.717) is 23.9 Å². The maximum absolute atomic E-state index is 14.7. The lowest BCUT2D eigenvalue weighted by atomic mass is 10.1. The van der Waals surface area contributed by atoms with Crippen molar-refractivity contribution in [1.29, 1.82) is 0 Å². The van der Waals surface area contributed by atoms with Gasteiger partial charge in [-0.15, -0.1) is 0 Å². The quantitative estimate of drug-likeness (QED) is 0.0662. The molecule has 1 aromatic heterocycles. The van der Waals surface area contributed by atoms with Gasteiger partial charge in [-0.05, 0) is 61.2 Å². The van der Waals surface area contributed by atoms with Crippen LogP contribution in [0.5, 0.6) is 11.5 Å². The number of benzene rings is 2. The van der Waals surface area contributed by atoms with E-state index in [2.05, 4.69) is 23.8 Å². The van der Waals surface area contributed by atoms with Crippen LogP contribution in [0.2, 0.25) is 0 Å². The Bertz CT molecular complexity index is 1180. The first-order valence-corrected chi connectivity index (χ1v) is 16.7. The summed E-state index contributed by atoms with van der Waals surface area (Å²) in [7, 11) is 0. The minimum absolute atomic E-state index is 0.126. The molecule has 1 heterocycles. The topological polar surface area (TPSA) is 61.3 Å². The van der Waals surface area contributed by atoms with Crippen LogP contribution < -0.4 is 9.47 Å². The molecule has 0 saturated carbocycles. The van der Waals surface area contributed by atoms with Crippen LogP contribution in [-0.4, -0.2) is 22.5 Å². The number of carbonyl (C=O) groups is 1. The second-order valence-electron chi connectivity index (χ2n) is 11.5. The van der Waals surface area contributed by atoms with Gasteiger partial charge >= 0.3 is 5.97 Å². The lowest BCUT2D eigenvalue weighted by Crippen LogP contribution is -2.11. The van der Waals surface area contributed by atoms with Crippen molar-refractivity contribution in [3.8, 4) is 22.9 Å². The fourth-order valence-corrected chi connectivity index (χ4v) is 5.11. The van der Waals surface area contributed by atoms with E-state index in [9.17, 15) is 9.18 Å². The van der Waals surface area contributed by atoms with Crippen molar-refractivity contribution in [3.05, 3.63) is 71.8 Å².